The average molecular weight is 278 g/mol. The highest BCUT2D eigenvalue weighted by atomic mass is 16.2. The van der Waals surface area contributed by atoms with E-state index in [1.807, 2.05) is 18.7 Å². The summed E-state index contributed by atoms with van der Waals surface area (Å²) in [6.07, 6.45) is 7.13. The predicted octanol–water partition coefficient (Wildman–Crippen LogP) is 1.94. The number of nitrogens with zero attached hydrogens (tertiary/aromatic N) is 1. The lowest BCUT2D eigenvalue weighted by atomic mass is 9.95. The lowest BCUT2D eigenvalue weighted by molar-refractivity contribution is -0.151. The molecule has 2 unspecified atom stereocenters. The Hall–Kier alpha value is -1.06. The average Bonchev–Trinajstić information content (AvgIpc) is 3.25. The first-order valence-corrected chi connectivity index (χ1v) is 8.18. The van der Waals surface area contributed by atoms with Crippen molar-refractivity contribution in [2.45, 2.75) is 64.5 Å². The van der Waals surface area contributed by atoms with Gasteiger partial charge < -0.3 is 10.2 Å². The molecule has 1 N–H and O–H groups in total. The van der Waals surface area contributed by atoms with Gasteiger partial charge in [0.05, 0.1) is 0 Å². The molecule has 0 aromatic heterocycles. The van der Waals surface area contributed by atoms with Crippen molar-refractivity contribution < 1.29 is 9.59 Å². The Kier molecular flexibility index (Phi) is 3.74. The standard InChI is InChI=1S/C16H26N2O2/c1-10(2)14-15(19)17-13(12-7-8-12)16(20)18(14)9-3-4-11-5-6-11/h10-14H,3-9H2,1-2H3,(H,17,19). The molecule has 3 aliphatic rings. The van der Waals surface area contributed by atoms with Crippen LogP contribution >= 0.6 is 0 Å². The van der Waals surface area contributed by atoms with Gasteiger partial charge in [-0.05, 0) is 43.4 Å². The molecule has 0 radical (unpaired) electrons. The number of rotatable bonds is 6. The van der Waals surface area contributed by atoms with Crippen molar-refractivity contribution in [3.63, 3.8) is 0 Å². The van der Waals surface area contributed by atoms with Gasteiger partial charge in [0.1, 0.15) is 12.1 Å². The topological polar surface area (TPSA) is 49.4 Å². The lowest BCUT2D eigenvalue weighted by Gasteiger charge is -2.41. The van der Waals surface area contributed by atoms with E-state index in [-0.39, 0.29) is 29.8 Å². The van der Waals surface area contributed by atoms with Gasteiger partial charge in [-0.25, -0.2) is 0 Å². The number of carbonyl (C=O) groups is 2. The van der Waals surface area contributed by atoms with E-state index in [2.05, 4.69) is 5.32 Å². The van der Waals surface area contributed by atoms with Crippen LogP contribution < -0.4 is 5.32 Å². The summed E-state index contributed by atoms with van der Waals surface area (Å²) < 4.78 is 0. The largest absolute Gasteiger partial charge is 0.342 e. The van der Waals surface area contributed by atoms with Gasteiger partial charge in [-0.15, -0.1) is 0 Å². The highest BCUT2D eigenvalue weighted by Gasteiger charge is 2.47. The highest BCUT2D eigenvalue weighted by molar-refractivity contribution is 5.97. The molecule has 4 heteroatoms. The smallest absolute Gasteiger partial charge is 0.246 e. The van der Waals surface area contributed by atoms with E-state index in [1.165, 1.54) is 19.3 Å². The predicted molar refractivity (Wildman–Crippen MR) is 77.0 cm³/mol. The van der Waals surface area contributed by atoms with Crippen molar-refractivity contribution >= 4 is 11.8 Å². The molecular formula is C16H26N2O2. The number of nitrogens with one attached hydrogen (secondary N) is 1. The minimum Gasteiger partial charge on any atom is -0.342 e. The Morgan fingerprint density at radius 1 is 1.20 bits per heavy atom. The molecule has 20 heavy (non-hydrogen) atoms. The van der Waals surface area contributed by atoms with Gasteiger partial charge in [0, 0.05) is 6.54 Å². The van der Waals surface area contributed by atoms with Crippen LogP contribution in [0.1, 0.15) is 52.4 Å². The molecule has 2 aliphatic carbocycles. The molecule has 0 aromatic carbocycles. The summed E-state index contributed by atoms with van der Waals surface area (Å²) in [5.74, 6) is 1.69. The Morgan fingerprint density at radius 2 is 1.90 bits per heavy atom. The van der Waals surface area contributed by atoms with Crippen molar-refractivity contribution in [3.05, 3.63) is 0 Å². The summed E-state index contributed by atoms with van der Waals surface area (Å²) >= 11 is 0. The molecule has 1 heterocycles. The van der Waals surface area contributed by atoms with E-state index in [1.54, 1.807) is 0 Å². The Morgan fingerprint density at radius 3 is 2.45 bits per heavy atom. The second kappa shape index (κ2) is 5.38. The maximum absolute atomic E-state index is 12.7. The minimum absolute atomic E-state index is 0.0583. The number of amides is 2. The zero-order valence-electron chi connectivity index (χ0n) is 12.6. The van der Waals surface area contributed by atoms with Crippen LogP contribution in [0.25, 0.3) is 0 Å². The molecule has 3 rings (SSSR count). The van der Waals surface area contributed by atoms with E-state index >= 15 is 0 Å². The molecule has 3 fully saturated rings. The fourth-order valence-electron chi connectivity index (χ4n) is 3.38. The van der Waals surface area contributed by atoms with Crippen molar-refractivity contribution in [3.8, 4) is 0 Å². The molecular weight excluding hydrogens is 252 g/mol. The first-order chi connectivity index (χ1) is 9.58. The van der Waals surface area contributed by atoms with Crippen molar-refractivity contribution in [2.24, 2.45) is 17.8 Å². The summed E-state index contributed by atoms with van der Waals surface area (Å²) in [6, 6.07) is -0.505. The van der Waals surface area contributed by atoms with Crippen LogP contribution in [0, 0.1) is 17.8 Å². The molecule has 0 aromatic rings. The SMILES string of the molecule is CC(C)C1C(=O)NC(C2CC2)C(=O)N1CCCC1CC1. The second-order valence-corrected chi connectivity index (χ2v) is 7.13. The van der Waals surface area contributed by atoms with E-state index in [4.69, 9.17) is 0 Å². The zero-order chi connectivity index (χ0) is 14.3. The fraction of sp³-hybridized carbons (Fsp3) is 0.875. The van der Waals surface area contributed by atoms with Crippen LogP contribution in [0.3, 0.4) is 0 Å². The quantitative estimate of drug-likeness (QED) is 0.807. The van der Waals surface area contributed by atoms with Crippen LogP contribution in [-0.2, 0) is 9.59 Å². The highest BCUT2D eigenvalue weighted by Crippen LogP contribution is 2.36. The van der Waals surface area contributed by atoms with Crippen molar-refractivity contribution in [2.75, 3.05) is 6.54 Å². The van der Waals surface area contributed by atoms with Crippen LogP contribution in [-0.4, -0.2) is 35.3 Å². The Labute approximate surface area is 121 Å². The molecule has 112 valence electrons. The summed E-state index contributed by atoms with van der Waals surface area (Å²) in [5.41, 5.74) is 0. The normalized spacial score (nSPS) is 30.9. The number of piperazine rings is 1. The molecule has 1 saturated heterocycles. The van der Waals surface area contributed by atoms with E-state index in [9.17, 15) is 9.59 Å². The van der Waals surface area contributed by atoms with Gasteiger partial charge in [0.25, 0.3) is 0 Å². The van der Waals surface area contributed by atoms with Gasteiger partial charge in [-0.3, -0.25) is 9.59 Å². The fourth-order valence-corrected chi connectivity index (χ4v) is 3.38. The molecule has 0 spiro atoms. The van der Waals surface area contributed by atoms with E-state index < -0.39 is 0 Å². The minimum atomic E-state index is -0.267. The van der Waals surface area contributed by atoms with Crippen molar-refractivity contribution in [1.82, 2.24) is 10.2 Å². The summed E-state index contributed by atoms with van der Waals surface area (Å²) in [4.78, 5) is 26.9. The first kappa shape index (κ1) is 13.9. The molecule has 1 aliphatic heterocycles. The van der Waals surface area contributed by atoms with Gasteiger partial charge >= 0.3 is 0 Å². The monoisotopic (exact) mass is 278 g/mol. The summed E-state index contributed by atoms with van der Waals surface area (Å²) in [6.45, 7) is 4.82. The second-order valence-electron chi connectivity index (χ2n) is 7.13. The van der Waals surface area contributed by atoms with Crippen LogP contribution in [0.2, 0.25) is 0 Å². The lowest BCUT2D eigenvalue weighted by Crippen LogP contribution is -2.65. The van der Waals surface area contributed by atoms with Gasteiger partial charge in [-0.2, -0.15) is 0 Å². The maximum atomic E-state index is 12.7. The summed E-state index contributed by atoms with van der Waals surface area (Å²) in [5, 5.41) is 2.97. The van der Waals surface area contributed by atoms with Gasteiger partial charge in [0.2, 0.25) is 11.8 Å². The third-order valence-corrected chi connectivity index (χ3v) is 4.88. The Balaban J connectivity index is 1.67. The van der Waals surface area contributed by atoms with Crippen LogP contribution in [0.5, 0.6) is 0 Å². The molecule has 4 nitrogen and oxygen atoms in total. The first-order valence-electron chi connectivity index (χ1n) is 8.18. The Bertz CT molecular complexity index is 399. The van der Waals surface area contributed by atoms with Gasteiger partial charge in [0.15, 0.2) is 0 Å². The number of carbonyl (C=O) groups excluding carboxylic acids is 2. The third kappa shape index (κ3) is 2.84. The van der Waals surface area contributed by atoms with E-state index in [0.717, 1.165) is 31.7 Å². The van der Waals surface area contributed by atoms with Gasteiger partial charge in [-0.1, -0.05) is 26.7 Å². The maximum Gasteiger partial charge on any atom is 0.246 e. The zero-order valence-corrected chi connectivity index (χ0v) is 12.6. The molecule has 0 bridgehead atoms. The molecule has 2 saturated carbocycles. The van der Waals surface area contributed by atoms with Crippen molar-refractivity contribution in [1.29, 1.82) is 0 Å². The summed E-state index contributed by atoms with van der Waals surface area (Å²) in [7, 11) is 0. The number of hydrogen-bond donors (Lipinski definition) is 1. The van der Waals surface area contributed by atoms with E-state index in [0.29, 0.717) is 5.92 Å². The molecule has 2 amide bonds. The third-order valence-electron chi connectivity index (χ3n) is 4.88. The number of hydrogen-bond acceptors (Lipinski definition) is 2. The molecule has 2 atom stereocenters. The van der Waals surface area contributed by atoms with Crippen LogP contribution in [0.15, 0.2) is 0 Å². The van der Waals surface area contributed by atoms with Crippen LogP contribution in [0.4, 0.5) is 0 Å².